The predicted octanol–water partition coefficient (Wildman–Crippen LogP) is 0.176. The van der Waals surface area contributed by atoms with Crippen molar-refractivity contribution in [2.24, 2.45) is 5.73 Å². The van der Waals surface area contributed by atoms with Crippen molar-refractivity contribution in [3.63, 3.8) is 0 Å². The lowest BCUT2D eigenvalue weighted by molar-refractivity contribution is -0.0978. The fraction of sp³-hybridized carbons (Fsp3) is 0.733. The highest BCUT2D eigenvalue weighted by atomic mass is 32.1. The summed E-state index contributed by atoms with van der Waals surface area (Å²) in [7, 11) is -4.43. The Morgan fingerprint density at radius 1 is 1.54 bits per heavy atom. The molecule has 160 valence electrons. The molecule has 0 amide bonds. The van der Waals surface area contributed by atoms with Gasteiger partial charge in [-0.05, 0) is 25.6 Å². The maximum atomic E-state index is 12.0. The van der Waals surface area contributed by atoms with Crippen molar-refractivity contribution in [2.45, 2.75) is 56.8 Å². The number of nitrogens with zero attached hydrogens (tertiary/aromatic N) is 1. The maximum absolute atomic E-state index is 12.0. The zero-order chi connectivity index (χ0) is 21.1. The molecule has 2 heterocycles. The van der Waals surface area contributed by atoms with Crippen LogP contribution in [-0.4, -0.2) is 61.7 Å². The Labute approximate surface area is 166 Å². The summed E-state index contributed by atoms with van der Waals surface area (Å²) in [4.78, 5) is 23.5. The summed E-state index contributed by atoms with van der Waals surface area (Å²) in [5.74, 6) is 0. The molecular weight excluding hydrogens is 413 g/mol. The molecule has 28 heavy (non-hydrogen) atoms. The van der Waals surface area contributed by atoms with E-state index in [2.05, 4.69) is 4.98 Å². The van der Waals surface area contributed by atoms with Crippen LogP contribution in [0.3, 0.4) is 0 Å². The molecular formula is C15H26N3O8PS. The highest BCUT2D eigenvalue weighted by molar-refractivity contribution is 7.71. The first-order chi connectivity index (χ1) is 13.0. The number of nitrogens with two attached hydrogens (primary N) is 1. The van der Waals surface area contributed by atoms with Crippen LogP contribution in [0.15, 0.2) is 17.1 Å². The number of rotatable bonds is 9. The SMILES string of the molecule is CCC[C@@H](N)COP(=O)(O)OC[C@H]1O[C@@H](n2ccc(=O)[nH]c2=S)C(C)(O)[C@H]1O. The molecule has 2 rings (SSSR count). The van der Waals surface area contributed by atoms with Crippen LogP contribution in [0, 0.1) is 4.77 Å². The molecule has 0 aromatic carbocycles. The number of phosphoric ester groups is 1. The van der Waals surface area contributed by atoms with Crippen molar-refractivity contribution in [2.75, 3.05) is 13.2 Å². The number of hydrogen-bond acceptors (Lipinski definition) is 9. The minimum atomic E-state index is -4.43. The van der Waals surface area contributed by atoms with Crippen LogP contribution >= 0.6 is 20.0 Å². The number of H-pyrrole nitrogens is 1. The van der Waals surface area contributed by atoms with E-state index < -0.39 is 50.1 Å². The number of hydrogen-bond donors (Lipinski definition) is 5. The van der Waals surface area contributed by atoms with Gasteiger partial charge >= 0.3 is 7.82 Å². The summed E-state index contributed by atoms with van der Waals surface area (Å²) in [5, 5.41) is 21.0. The number of aromatic nitrogens is 2. The normalized spacial score (nSPS) is 30.9. The smallest absolute Gasteiger partial charge is 0.387 e. The van der Waals surface area contributed by atoms with Gasteiger partial charge in [0, 0.05) is 18.3 Å². The topological polar surface area (TPSA) is 169 Å². The van der Waals surface area contributed by atoms with Crippen LogP contribution in [0.5, 0.6) is 0 Å². The molecule has 0 aliphatic carbocycles. The van der Waals surface area contributed by atoms with E-state index in [1.54, 1.807) is 0 Å². The lowest BCUT2D eigenvalue weighted by Gasteiger charge is -2.27. The second-order valence-corrected chi connectivity index (χ2v) is 8.66. The van der Waals surface area contributed by atoms with Crippen molar-refractivity contribution in [3.8, 4) is 0 Å². The van der Waals surface area contributed by atoms with Crippen LogP contribution in [0.25, 0.3) is 0 Å². The molecule has 2 unspecified atom stereocenters. The van der Waals surface area contributed by atoms with Crippen molar-refractivity contribution < 1.29 is 33.5 Å². The highest BCUT2D eigenvalue weighted by Crippen LogP contribution is 2.45. The van der Waals surface area contributed by atoms with Crippen LogP contribution in [-0.2, 0) is 18.3 Å². The average Bonchev–Trinajstić information content (AvgIpc) is 2.82. The Kier molecular flexibility index (Phi) is 7.70. The molecule has 1 aliphatic heterocycles. The number of aliphatic hydroxyl groups excluding tert-OH is 1. The summed E-state index contributed by atoms with van der Waals surface area (Å²) in [6.07, 6.45) is -1.04. The van der Waals surface area contributed by atoms with Gasteiger partial charge in [-0.1, -0.05) is 13.3 Å². The van der Waals surface area contributed by atoms with E-state index in [0.717, 1.165) is 6.42 Å². The van der Waals surface area contributed by atoms with Gasteiger partial charge in [-0.15, -0.1) is 0 Å². The lowest BCUT2D eigenvalue weighted by Crippen LogP contribution is -2.44. The molecule has 11 nitrogen and oxygen atoms in total. The Morgan fingerprint density at radius 2 is 2.21 bits per heavy atom. The van der Waals surface area contributed by atoms with Crippen molar-refractivity contribution >= 4 is 20.0 Å². The van der Waals surface area contributed by atoms with Crippen LogP contribution in [0.4, 0.5) is 0 Å². The third-order valence-electron chi connectivity index (χ3n) is 4.37. The van der Waals surface area contributed by atoms with Crippen LogP contribution in [0.1, 0.15) is 32.9 Å². The molecule has 0 radical (unpaired) electrons. The molecule has 1 aliphatic rings. The third kappa shape index (κ3) is 5.56. The quantitative estimate of drug-likeness (QED) is 0.264. The van der Waals surface area contributed by atoms with Crippen molar-refractivity contribution in [1.29, 1.82) is 0 Å². The molecule has 6 N–H and O–H groups in total. The van der Waals surface area contributed by atoms with Gasteiger partial charge in [0.2, 0.25) is 0 Å². The van der Waals surface area contributed by atoms with E-state index in [0.29, 0.717) is 6.42 Å². The Hall–Kier alpha value is -0.950. The number of ether oxygens (including phenoxy) is 1. The summed E-state index contributed by atoms with van der Waals surface area (Å²) >= 11 is 5.05. The number of phosphoric acid groups is 1. The largest absolute Gasteiger partial charge is 0.472 e. The van der Waals surface area contributed by atoms with Gasteiger partial charge in [-0.25, -0.2) is 4.57 Å². The minimum absolute atomic E-state index is 0.0207. The number of aromatic amines is 1. The fourth-order valence-corrected chi connectivity index (χ4v) is 3.89. The monoisotopic (exact) mass is 439 g/mol. The third-order valence-corrected chi connectivity index (χ3v) is 5.64. The van der Waals surface area contributed by atoms with Crippen molar-refractivity contribution in [3.05, 3.63) is 27.4 Å². The number of aliphatic hydroxyl groups is 2. The maximum Gasteiger partial charge on any atom is 0.472 e. The standard InChI is InChI=1S/C15H26N3O8PS/c1-3-4-9(16)7-24-27(22,23)25-8-10-12(20)15(2,21)13(26-10)18-6-5-11(19)17-14(18)28/h5-6,9-10,12-13,20-21H,3-4,7-8,16H2,1-2H3,(H,22,23)(H,17,19,28)/t9-,10-,12+,13-,15?/m1/s1. The molecule has 1 aromatic heterocycles. The molecule has 0 bridgehead atoms. The van der Waals surface area contributed by atoms with E-state index in [1.165, 1.54) is 23.8 Å². The van der Waals surface area contributed by atoms with Gasteiger partial charge in [0.15, 0.2) is 11.0 Å². The molecule has 0 saturated carbocycles. The van der Waals surface area contributed by atoms with E-state index in [9.17, 15) is 24.5 Å². The van der Waals surface area contributed by atoms with E-state index in [4.69, 9.17) is 31.7 Å². The molecule has 1 fully saturated rings. The summed E-state index contributed by atoms with van der Waals surface area (Å²) in [6, 6.07) is 0.774. The van der Waals surface area contributed by atoms with Crippen LogP contribution in [0.2, 0.25) is 0 Å². The minimum Gasteiger partial charge on any atom is -0.387 e. The first-order valence-corrected chi connectivity index (χ1v) is 10.6. The zero-order valence-corrected chi connectivity index (χ0v) is 17.3. The Morgan fingerprint density at radius 3 is 2.82 bits per heavy atom. The zero-order valence-electron chi connectivity index (χ0n) is 15.6. The summed E-state index contributed by atoms with van der Waals surface area (Å²) < 4.78 is 28.5. The van der Waals surface area contributed by atoms with Gasteiger partial charge < -0.3 is 25.6 Å². The highest BCUT2D eigenvalue weighted by Gasteiger charge is 2.53. The van der Waals surface area contributed by atoms with Crippen LogP contribution < -0.4 is 11.3 Å². The first kappa shape index (κ1) is 23.3. The van der Waals surface area contributed by atoms with Gasteiger partial charge in [0.05, 0.1) is 13.2 Å². The Balaban J connectivity index is 2.04. The number of nitrogens with one attached hydrogen (secondary N) is 1. The molecule has 1 aromatic rings. The fourth-order valence-electron chi connectivity index (χ4n) is 2.84. The van der Waals surface area contributed by atoms with Gasteiger partial charge in [-0.2, -0.15) is 0 Å². The van der Waals surface area contributed by atoms with Crippen molar-refractivity contribution in [1.82, 2.24) is 9.55 Å². The lowest BCUT2D eigenvalue weighted by atomic mass is 9.96. The van der Waals surface area contributed by atoms with Gasteiger partial charge in [0.25, 0.3) is 5.56 Å². The first-order valence-electron chi connectivity index (χ1n) is 8.72. The second-order valence-electron chi connectivity index (χ2n) is 6.82. The van der Waals surface area contributed by atoms with E-state index in [1.807, 2.05) is 6.92 Å². The van der Waals surface area contributed by atoms with E-state index >= 15 is 0 Å². The molecule has 1 saturated heterocycles. The molecule has 13 heteroatoms. The second kappa shape index (κ2) is 9.24. The summed E-state index contributed by atoms with van der Waals surface area (Å²) in [5.41, 5.74) is 3.48. The Bertz CT molecular complexity index is 828. The molecule has 0 spiro atoms. The predicted molar refractivity (Wildman–Crippen MR) is 101 cm³/mol. The summed E-state index contributed by atoms with van der Waals surface area (Å²) in [6.45, 7) is 2.54. The van der Waals surface area contributed by atoms with Gasteiger partial charge in [-0.3, -0.25) is 23.4 Å². The van der Waals surface area contributed by atoms with E-state index in [-0.39, 0.29) is 11.4 Å². The molecule has 6 atom stereocenters. The average molecular weight is 439 g/mol. The van der Waals surface area contributed by atoms with Gasteiger partial charge in [0.1, 0.15) is 17.8 Å².